The molecule has 106 valence electrons. The molecule has 0 bridgehead atoms. The number of rotatable bonds is 4. The molecule has 0 saturated carbocycles. The minimum absolute atomic E-state index is 0.139. The van der Waals surface area contributed by atoms with E-state index in [0.717, 1.165) is 5.56 Å². The van der Waals surface area contributed by atoms with E-state index >= 15 is 0 Å². The zero-order valence-electron chi connectivity index (χ0n) is 11.2. The zero-order valence-corrected chi connectivity index (χ0v) is 11.2. The molecule has 2 unspecified atom stereocenters. The van der Waals surface area contributed by atoms with Gasteiger partial charge >= 0.3 is 0 Å². The van der Waals surface area contributed by atoms with E-state index in [2.05, 4.69) is 0 Å². The second-order valence-corrected chi connectivity index (χ2v) is 4.86. The summed E-state index contributed by atoms with van der Waals surface area (Å²) in [6.07, 6.45) is -1.06. The number of hydrogen-bond donors (Lipinski definition) is 2. The molecule has 0 saturated heterocycles. The fourth-order valence-corrected chi connectivity index (χ4v) is 2.25. The van der Waals surface area contributed by atoms with Crippen LogP contribution < -0.4 is 5.73 Å². The lowest BCUT2D eigenvalue weighted by atomic mass is 9.88. The van der Waals surface area contributed by atoms with Crippen LogP contribution in [0, 0.1) is 18.6 Å². The Morgan fingerprint density at radius 1 is 1.10 bits per heavy atom. The fourth-order valence-electron chi connectivity index (χ4n) is 2.25. The molecule has 4 heteroatoms. The second-order valence-electron chi connectivity index (χ2n) is 4.86. The molecule has 0 aliphatic rings. The largest absolute Gasteiger partial charge is 0.388 e. The molecule has 20 heavy (non-hydrogen) atoms. The van der Waals surface area contributed by atoms with Gasteiger partial charge in [0.1, 0.15) is 11.6 Å². The second kappa shape index (κ2) is 6.11. The van der Waals surface area contributed by atoms with E-state index in [1.807, 2.05) is 0 Å². The van der Waals surface area contributed by atoms with Gasteiger partial charge in [0.25, 0.3) is 0 Å². The summed E-state index contributed by atoms with van der Waals surface area (Å²) in [5.41, 5.74) is 7.35. The molecule has 0 amide bonds. The highest BCUT2D eigenvalue weighted by atomic mass is 19.1. The van der Waals surface area contributed by atoms with Crippen molar-refractivity contribution in [2.24, 2.45) is 5.73 Å². The third-order valence-electron chi connectivity index (χ3n) is 3.41. The molecule has 0 heterocycles. The summed E-state index contributed by atoms with van der Waals surface area (Å²) in [7, 11) is 0. The van der Waals surface area contributed by atoms with Crippen LogP contribution in [-0.2, 0) is 0 Å². The quantitative estimate of drug-likeness (QED) is 0.902. The molecule has 2 aromatic rings. The third-order valence-corrected chi connectivity index (χ3v) is 3.41. The summed E-state index contributed by atoms with van der Waals surface area (Å²) < 4.78 is 26.8. The van der Waals surface area contributed by atoms with Gasteiger partial charge in [-0.25, -0.2) is 8.78 Å². The Labute approximate surface area is 116 Å². The lowest BCUT2D eigenvalue weighted by molar-refractivity contribution is 0.143. The molecule has 2 atom stereocenters. The fraction of sp³-hybridized carbons (Fsp3) is 0.250. The van der Waals surface area contributed by atoms with E-state index in [-0.39, 0.29) is 17.9 Å². The van der Waals surface area contributed by atoms with Crippen LogP contribution in [-0.4, -0.2) is 11.7 Å². The zero-order chi connectivity index (χ0) is 14.7. The molecule has 0 spiro atoms. The molecule has 0 radical (unpaired) electrons. The smallest absolute Gasteiger partial charge is 0.129 e. The first kappa shape index (κ1) is 14.6. The van der Waals surface area contributed by atoms with Crippen molar-refractivity contribution < 1.29 is 13.9 Å². The average Bonchev–Trinajstić information content (AvgIpc) is 2.41. The summed E-state index contributed by atoms with van der Waals surface area (Å²) >= 11 is 0. The van der Waals surface area contributed by atoms with E-state index < -0.39 is 17.8 Å². The number of halogens is 2. The van der Waals surface area contributed by atoms with E-state index in [0.29, 0.717) is 5.56 Å². The van der Waals surface area contributed by atoms with E-state index in [4.69, 9.17) is 5.73 Å². The molecule has 3 N–H and O–H groups in total. The minimum atomic E-state index is -1.06. The number of aliphatic hydroxyl groups excluding tert-OH is 1. The molecular formula is C16H17F2NO. The first-order chi connectivity index (χ1) is 9.52. The number of aliphatic hydroxyl groups is 1. The number of benzene rings is 2. The van der Waals surface area contributed by atoms with Crippen LogP contribution in [0.3, 0.4) is 0 Å². The molecule has 0 fully saturated rings. The van der Waals surface area contributed by atoms with Gasteiger partial charge < -0.3 is 10.8 Å². The van der Waals surface area contributed by atoms with Crippen LogP contribution in [0.1, 0.15) is 28.7 Å². The van der Waals surface area contributed by atoms with Crippen LogP contribution in [0.15, 0.2) is 42.5 Å². The van der Waals surface area contributed by atoms with E-state index in [9.17, 15) is 13.9 Å². The Morgan fingerprint density at radius 3 is 2.30 bits per heavy atom. The topological polar surface area (TPSA) is 46.2 Å². The molecule has 2 rings (SSSR count). The first-order valence-electron chi connectivity index (χ1n) is 6.42. The van der Waals surface area contributed by atoms with Crippen molar-refractivity contribution in [3.05, 3.63) is 70.8 Å². The van der Waals surface area contributed by atoms with Gasteiger partial charge in [0, 0.05) is 18.0 Å². The predicted octanol–water partition coefficient (Wildman–Crippen LogP) is 3.05. The monoisotopic (exact) mass is 277 g/mol. The highest BCUT2D eigenvalue weighted by Crippen LogP contribution is 2.31. The van der Waals surface area contributed by atoms with Crippen molar-refractivity contribution in [1.82, 2.24) is 0 Å². The summed E-state index contributed by atoms with van der Waals surface area (Å²) in [6, 6.07) is 10.4. The van der Waals surface area contributed by atoms with Gasteiger partial charge in [-0.05, 0) is 36.2 Å². The summed E-state index contributed by atoms with van der Waals surface area (Å²) in [5, 5.41) is 10.4. The summed E-state index contributed by atoms with van der Waals surface area (Å²) in [6.45, 7) is 1.92. The number of nitrogens with two attached hydrogens (primary N) is 1. The van der Waals surface area contributed by atoms with Crippen LogP contribution in [0.5, 0.6) is 0 Å². The van der Waals surface area contributed by atoms with Crippen molar-refractivity contribution >= 4 is 0 Å². The Balaban J connectivity index is 2.33. The van der Waals surface area contributed by atoms with Crippen LogP contribution in [0.4, 0.5) is 8.78 Å². The van der Waals surface area contributed by atoms with Crippen LogP contribution in [0.25, 0.3) is 0 Å². The summed E-state index contributed by atoms with van der Waals surface area (Å²) in [5.74, 6) is -1.30. The SMILES string of the molecule is Cc1ccc(C(O)C(CN)c2ccc(F)cc2)c(F)c1. The summed E-state index contributed by atoms with van der Waals surface area (Å²) in [4.78, 5) is 0. The van der Waals surface area contributed by atoms with E-state index in [1.54, 1.807) is 31.2 Å². The standard InChI is InChI=1S/C16H17F2NO/c1-10-2-7-13(15(18)8-10)16(20)14(9-19)11-3-5-12(17)6-4-11/h2-8,14,16,20H,9,19H2,1H3. The highest BCUT2D eigenvalue weighted by molar-refractivity contribution is 5.30. The van der Waals surface area contributed by atoms with Gasteiger partial charge in [-0.1, -0.05) is 24.3 Å². The highest BCUT2D eigenvalue weighted by Gasteiger charge is 2.24. The Morgan fingerprint density at radius 2 is 1.75 bits per heavy atom. The first-order valence-corrected chi connectivity index (χ1v) is 6.42. The molecule has 2 aromatic carbocycles. The van der Waals surface area contributed by atoms with Gasteiger partial charge in [-0.3, -0.25) is 0 Å². The number of hydrogen-bond acceptors (Lipinski definition) is 2. The minimum Gasteiger partial charge on any atom is -0.388 e. The van der Waals surface area contributed by atoms with Crippen molar-refractivity contribution in [3.8, 4) is 0 Å². The Kier molecular flexibility index (Phi) is 4.47. The average molecular weight is 277 g/mol. The van der Waals surface area contributed by atoms with Gasteiger partial charge in [0.2, 0.25) is 0 Å². The van der Waals surface area contributed by atoms with Gasteiger partial charge in [0.05, 0.1) is 6.10 Å². The lowest BCUT2D eigenvalue weighted by Crippen LogP contribution is -2.21. The van der Waals surface area contributed by atoms with Crippen molar-refractivity contribution in [2.45, 2.75) is 18.9 Å². The van der Waals surface area contributed by atoms with E-state index in [1.165, 1.54) is 18.2 Å². The Bertz CT molecular complexity index is 584. The molecule has 0 aromatic heterocycles. The predicted molar refractivity (Wildman–Crippen MR) is 74.3 cm³/mol. The molecular weight excluding hydrogens is 260 g/mol. The Hall–Kier alpha value is -1.78. The van der Waals surface area contributed by atoms with Gasteiger partial charge in [0.15, 0.2) is 0 Å². The van der Waals surface area contributed by atoms with Crippen molar-refractivity contribution in [2.75, 3.05) is 6.54 Å². The van der Waals surface area contributed by atoms with Gasteiger partial charge in [-0.15, -0.1) is 0 Å². The molecule has 0 aliphatic carbocycles. The maximum atomic E-state index is 13.9. The maximum absolute atomic E-state index is 13.9. The van der Waals surface area contributed by atoms with Crippen LogP contribution >= 0.6 is 0 Å². The van der Waals surface area contributed by atoms with Crippen molar-refractivity contribution in [1.29, 1.82) is 0 Å². The molecule has 2 nitrogen and oxygen atoms in total. The number of aryl methyl sites for hydroxylation is 1. The lowest BCUT2D eigenvalue weighted by Gasteiger charge is -2.23. The van der Waals surface area contributed by atoms with Crippen LogP contribution in [0.2, 0.25) is 0 Å². The maximum Gasteiger partial charge on any atom is 0.129 e. The molecule has 0 aliphatic heterocycles. The van der Waals surface area contributed by atoms with Crippen molar-refractivity contribution in [3.63, 3.8) is 0 Å². The normalized spacial score (nSPS) is 14.1. The van der Waals surface area contributed by atoms with Gasteiger partial charge in [-0.2, -0.15) is 0 Å². The third kappa shape index (κ3) is 3.03.